The Hall–Kier alpha value is -1.06. The lowest BCUT2D eigenvalue weighted by molar-refractivity contribution is -0.128. The highest BCUT2D eigenvalue weighted by Crippen LogP contribution is 2.38. The molecule has 0 atom stereocenters. The van der Waals surface area contributed by atoms with E-state index in [9.17, 15) is 4.79 Å². The highest BCUT2D eigenvalue weighted by atomic mass is 16.2. The van der Waals surface area contributed by atoms with Gasteiger partial charge in [0.25, 0.3) is 0 Å². The van der Waals surface area contributed by atoms with Crippen molar-refractivity contribution < 1.29 is 4.79 Å². The number of carbonyl (C=O) groups is 1. The van der Waals surface area contributed by atoms with Gasteiger partial charge in [0.05, 0.1) is 12.0 Å². The second kappa shape index (κ2) is 2.72. The molecule has 13 heavy (non-hydrogen) atoms. The van der Waals surface area contributed by atoms with E-state index >= 15 is 0 Å². The lowest BCUT2D eigenvalue weighted by atomic mass is 9.92. The van der Waals surface area contributed by atoms with Gasteiger partial charge in [-0.1, -0.05) is 12.8 Å². The number of nitrogens with zero attached hydrogens (tertiary/aromatic N) is 2. The highest BCUT2D eigenvalue weighted by molar-refractivity contribution is 5.98. The van der Waals surface area contributed by atoms with Gasteiger partial charge in [0.15, 0.2) is 5.96 Å². The summed E-state index contributed by atoms with van der Waals surface area (Å²) in [6.07, 6.45) is 4.94. The van der Waals surface area contributed by atoms with Gasteiger partial charge in [0, 0.05) is 7.05 Å². The molecule has 1 aliphatic carbocycles. The van der Waals surface area contributed by atoms with E-state index in [4.69, 9.17) is 5.73 Å². The Morgan fingerprint density at radius 1 is 1.46 bits per heavy atom. The smallest absolute Gasteiger partial charge is 0.231 e. The van der Waals surface area contributed by atoms with E-state index in [-0.39, 0.29) is 11.4 Å². The third-order valence-electron chi connectivity index (χ3n) is 3.08. The summed E-state index contributed by atoms with van der Waals surface area (Å²) in [5, 5.41) is 0. The number of amides is 1. The lowest BCUT2D eigenvalue weighted by Gasteiger charge is -2.32. The van der Waals surface area contributed by atoms with Crippen LogP contribution >= 0.6 is 0 Å². The first-order valence-electron chi connectivity index (χ1n) is 4.75. The maximum Gasteiger partial charge on any atom is 0.231 e. The number of nitrogens with two attached hydrogens (primary N) is 1. The molecule has 0 aromatic rings. The molecule has 4 nitrogen and oxygen atoms in total. The third-order valence-corrected chi connectivity index (χ3v) is 3.08. The average molecular weight is 181 g/mol. The van der Waals surface area contributed by atoms with Gasteiger partial charge >= 0.3 is 0 Å². The minimum atomic E-state index is -0.131. The Balaban J connectivity index is 2.29. The van der Waals surface area contributed by atoms with E-state index in [2.05, 4.69) is 4.99 Å². The maximum atomic E-state index is 11.5. The van der Waals surface area contributed by atoms with Crippen LogP contribution in [0.4, 0.5) is 0 Å². The van der Waals surface area contributed by atoms with Crippen LogP contribution in [-0.2, 0) is 4.79 Å². The molecule has 0 saturated heterocycles. The Morgan fingerprint density at radius 2 is 2.08 bits per heavy atom. The van der Waals surface area contributed by atoms with E-state index in [0.717, 1.165) is 12.8 Å². The molecule has 2 N–H and O–H groups in total. The van der Waals surface area contributed by atoms with E-state index in [1.807, 2.05) is 0 Å². The Bertz CT molecular complexity index is 266. The molecular formula is C9H15N3O. The van der Waals surface area contributed by atoms with Crippen molar-refractivity contribution in [3.05, 3.63) is 0 Å². The van der Waals surface area contributed by atoms with Crippen molar-refractivity contribution in [1.82, 2.24) is 4.90 Å². The fraction of sp³-hybridized carbons (Fsp3) is 0.778. The van der Waals surface area contributed by atoms with Crippen molar-refractivity contribution in [2.75, 3.05) is 7.05 Å². The summed E-state index contributed by atoms with van der Waals surface area (Å²) in [4.78, 5) is 17.4. The quantitative estimate of drug-likeness (QED) is 0.590. The minimum Gasteiger partial charge on any atom is -0.369 e. The van der Waals surface area contributed by atoms with Gasteiger partial charge in [-0.05, 0) is 12.8 Å². The van der Waals surface area contributed by atoms with Crippen LogP contribution in [0.2, 0.25) is 0 Å². The second-order valence-electron chi connectivity index (χ2n) is 4.03. The number of hydrogen-bond acceptors (Lipinski definition) is 3. The number of guanidine groups is 1. The topological polar surface area (TPSA) is 58.7 Å². The van der Waals surface area contributed by atoms with Crippen molar-refractivity contribution in [3.63, 3.8) is 0 Å². The molecule has 0 bridgehead atoms. The molecule has 1 fully saturated rings. The van der Waals surface area contributed by atoms with Gasteiger partial charge in [-0.3, -0.25) is 9.69 Å². The molecule has 0 radical (unpaired) electrons. The molecule has 1 heterocycles. The fourth-order valence-electron chi connectivity index (χ4n) is 2.21. The van der Waals surface area contributed by atoms with Crippen molar-refractivity contribution >= 4 is 11.9 Å². The minimum absolute atomic E-state index is 0.106. The predicted molar refractivity (Wildman–Crippen MR) is 50.2 cm³/mol. The van der Waals surface area contributed by atoms with E-state index in [0.29, 0.717) is 12.4 Å². The van der Waals surface area contributed by atoms with Crippen LogP contribution < -0.4 is 5.73 Å². The van der Waals surface area contributed by atoms with E-state index in [1.165, 1.54) is 17.7 Å². The maximum absolute atomic E-state index is 11.5. The first-order chi connectivity index (χ1) is 6.13. The molecule has 72 valence electrons. The molecule has 0 aromatic carbocycles. The van der Waals surface area contributed by atoms with Crippen molar-refractivity contribution in [2.45, 2.75) is 37.6 Å². The molecule has 1 spiro atoms. The summed E-state index contributed by atoms with van der Waals surface area (Å²) < 4.78 is 0. The predicted octanol–water partition coefficient (Wildman–Crippen LogP) is 0.476. The molecule has 1 saturated carbocycles. The number of rotatable bonds is 0. The molecule has 0 unspecified atom stereocenters. The molecule has 1 aliphatic heterocycles. The highest BCUT2D eigenvalue weighted by Gasteiger charge is 2.40. The fourth-order valence-corrected chi connectivity index (χ4v) is 2.21. The number of hydrogen-bond donors (Lipinski definition) is 1. The zero-order chi connectivity index (χ0) is 9.47. The van der Waals surface area contributed by atoms with E-state index < -0.39 is 0 Å². The van der Waals surface area contributed by atoms with Gasteiger partial charge < -0.3 is 5.73 Å². The summed E-state index contributed by atoms with van der Waals surface area (Å²) in [6.45, 7) is 0. The summed E-state index contributed by atoms with van der Waals surface area (Å²) in [6, 6.07) is 0. The SMILES string of the molecule is CN1C(=O)CC2(CCCC2)N=C1N. The van der Waals surface area contributed by atoms with Gasteiger partial charge in [-0.2, -0.15) is 0 Å². The molecular weight excluding hydrogens is 166 g/mol. The molecule has 1 amide bonds. The second-order valence-corrected chi connectivity index (χ2v) is 4.03. The summed E-state index contributed by atoms with van der Waals surface area (Å²) in [5.41, 5.74) is 5.55. The van der Waals surface area contributed by atoms with Crippen LogP contribution in [-0.4, -0.2) is 29.4 Å². The zero-order valence-corrected chi connectivity index (χ0v) is 7.92. The number of aliphatic imine (C=N–C) groups is 1. The Kier molecular flexibility index (Phi) is 1.78. The third kappa shape index (κ3) is 1.30. The average Bonchev–Trinajstić information content (AvgIpc) is 2.49. The molecule has 0 aromatic heterocycles. The van der Waals surface area contributed by atoms with Gasteiger partial charge in [0.1, 0.15) is 0 Å². The van der Waals surface area contributed by atoms with Gasteiger partial charge in [-0.15, -0.1) is 0 Å². The van der Waals surface area contributed by atoms with Gasteiger partial charge in [-0.25, -0.2) is 4.99 Å². The van der Waals surface area contributed by atoms with Crippen molar-refractivity contribution in [1.29, 1.82) is 0 Å². The van der Waals surface area contributed by atoms with Crippen LogP contribution in [0, 0.1) is 0 Å². The van der Waals surface area contributed by atoms with Crippen molar-refractivity contribution in [3.8, 4) is 0 Å². The summed E-state index contributed by atoms with van der Waals surface area (Å²) in [7, 11) is 1.68. The van der Waals surface area contributed by atoms with Gasteiger partial charge in [0.2, 0.25) is 5.91 Å². The monoisotopic (exact) mass is 181 g/mol. The molecule has 4 heteroatoms. The van der Waals surface area contributed by atoms with Crippen molar-refractivity contribution in [2.24, 2.45) is 10.7 Å². The summed E-state index contributed by atoms with van der Waals surface area (Å²) in [5.74, 6) is 0.493. The van der Waals surface area contributed by atoms with Crippen LogP contribution in [0.1, 0.15) is 32.1 Å². The van der Waals surface area contributed by atoms with Crippen LogP contribution in [0.25, 0.3) is 0 Å². The largest absolute Gasteiger partial charge is 0.369 e. The molecule has 2 aliphatic rings. The lowest BCUT2D eigenvalue weighted by Crippen LogP contribution is -2.48. The van der Waals surface area contributed by atoms with E-state index in [1.54, 1.807) is 7.05 Å². The van der Waals surface area contributed by atoms with Crippen LogP contribution in [0.15, 0.2) is 4.99 Å². The Morgan fingerprint density at radius 3 is 2.62 bits per heavy atom. The standard InChI is InChI=1S/C9H15N3O/c1-12-7(13)6-9(11-8(12)10)4-2-3-5-9/h2-6H2,1H3,(H2,10,11). The molecule has 2 rings (SSSR count). The summed E-state index contributed by atoms with van der Waals surface area (Å²) >= 11 is 0. The first-order valence-corrected chi connectivity index (χ1v) is 4.75. The number of carbonyl (C=O) groups excluding carboxylic acids is 1. The first kappa shape index (κ1) is 8.53. The Labute approximate surface area is 77.8 Å². The normalized spacial score (nSPS) is 26.7. The van der Waals surface area contributed by atoms with Crippen LogP contribution in [0.5, 0.6) is 0 Å². The zero-order valence-electron chi connectivity index (χ0n) is 7.92. The van der Waals surface area contributed by atoms with Crippen LogP contribution in [0.3, 0.4) is 0 Å².